The molecule has 1 saturated carbocycles. The number of nitrogens with one attached hydrogen (secondary N) is 1. The molecule has 1 fully saturated rings. The van der Waals surface area contributed by atoms with Gasteiger partial charge in [0.15, 0.2) is 0 Å². The zero-order valence-corrected chi connectivity index (χ0v) is 13.2. The highest BCUT2D eigenvalue weighted by atomic mass is 19.4. The minimum absolute atomic E-state index is 0.161. The average Bonchev–Trinajstić information content (AvgIpc) is 2.87. The van der Waals surface area contributed by atoms with Gasteiger partial charge in [0, 0.05) is 13.2 Å². The molecular weight excluding hydrogens is 319 g/mol. The highest BCUT2D eigenvalue weighted by Gasteiger charge is 2.41. The summed E-state index contributed by atoms with van der Waals surface area (Å²) in [5, 5.41) is 6.95. The van der Waals surface area contributed by atoms with Gasteiger partial charge < -0.3 is 5.32 Å². The molecule has 1 aliphatic carbocycles. The molecule has 1 N–H and O–H groups in total. The lowest BCUT2D eigenvalue weighted by molar-refractivity contribution is -0.137. The van der Waals surface area contributed by atoms with Crippen molar-refractivity contribution in [1.82, 2.24) is 15.1 Å². The largest absolute Gasteiger partial charge is 0.416 e. The summed E-state index contributed by atoms with van der Waals surface area (Å²) in [4.78, 5) is 12.3. The summed E-state index contributed by atoms with van der Waals surface area (Å²) in [5.74, 6) is -0.208. The molecular formula is C17H18F3N3O. The Hall–Kier alpha value is -2.31. The first-order valence-electron chi connectivity index (χ1n) is 7.75. The van der Waals surface area contributed by atoms with E-state index in [9.17, 15) is 18.0 Å². The van der Waals surface area contributed by atoms with E-state index in [2.05, 4.69) is 10.4 Å². The summed E-state index contributed by atoms with van der Waals surface area (Å²) < 4.78 is 40.4. The van der Waals surface area contributed by atoms with Crippen LogP contribution in [0.4, 0.5) is 13.2 Å². The standard InChI is InChI=1S/C17H18F3N3O/c1-23-11-12(10-21-23)8-15(24)22-16(6-3-7-16)13-4-2-5-14(9-13)17(18,19)20/h2,4-5,9-11H,3,6-8H2,1H3,(H,22,24). The van der Waals surface area contributed by atoms with E-state index in [1.165, 1.54) is 6.07 Å². The molecule has 128 valence electrons. The summed E-state index contributed by atoms with van der Waals surface area (Å²) in [6.45, 7) is 0. The summed E-state index contributed by atoms with van der Waals surface area (Å²) in [6.07, 6.45) is 1.30. The van der Waals surface area contributed by atoms with Gasteiger partial charge in [-0.15, -0.1) is 0 Å². The third-order valence-electron chi connectivity index (χ3n) is 4.45. The number of hydrogen-bond donors (Lipinski definition) is 1. The molecule has 2 aromatic rings. The van der Waals surface area contributed by atoms with E-state index in [0.717, 1.165) is 24.1 Å². The molecule has 1 aromatic carbocycles. The minimum atomic E-state index is -4.39. The van der Waals surface area contributed by atoms with Gasteiger partial charge in [0.2, 0.25) is 5.91 Å². The molecule has 0 unspecified atom stereocenters. The topological polar surface area (TPSA) is 46.9 Å². The number of aromatic nitrogens is 2. The average molecular weight is 337 g/mol. The Balaban J connectivity index is 1.78. The van der Waals surface area contributed by atoms with Crippen LogP contribution in [0.15, 0.2) is 36.7 Å². The molecule has 0 saturated heterocycles. The van der Waals surface area contributed by atoms with Crippen molar-refractivity contribution in [3.05, 3.63) is 53.3 Å². The molecule has 3 rings (SSSR count). The molecule has 1 aromatic heterocycles. The molecule has 1 aliphatic rings. The minimum Gasteiger partial charge on any atom is -0.346 e. The number of alkyl halides is 3. The Labute approximate surface area is 137 Å². The van der Waals surface area contributed by atoms with Crippen molar-refractivity contribution in [3.63, 3.8) is 0 Å². The van der Waals surface area contributed by atoms with Gasteiger partial charge in [-0.05, 0) is 42.5 Å². The van der Waals surface area contributed by atoms with Crippen molar-refractivity contribution in [3.8, 4) is 0 Å². The maximum atomic E-state index is 12.9. The molecule has 0 bridgehead atoms. The van der Waals surface area contributed by atoms with Crippen molar-refractivity contribution >= 4 is 5.91 Å². The number of nitrogens with zero attached hydrogens (tertiary/aromatic N) is 2. The monoisotopic (exact) mass is 337 g/mol. The summed E-state index contributed by atoms with van der Waals surface area (Å²) in [6, 6.07) is 5.24. The highest BCUT2D eigenvalue weighted by molar-refractivity contribution is 5.79. The van der Waals surface area contributed by atoms with Crippen LogP contribution in [-0.2, 0) is 30.0 Å². The molecule has 0 atom stereocenters. The molecule has 4 nitrogen and oxygen atoms in total. The first-order valence-corrected chi connectivity index (χ1v) is 7.75. The number of hydrogen-bond acceptors (Lipinski definition) is 2. The maximum absolute atomic E-state index is 12.9. The zero-order chi connectivity index (χ0) is 17.4. The Morgan fingerprint density at radius 2 is 2.12 bits per heavy atom. The van der Waals surface area contributed by atoms with Crippen molar-refractivity contribution in [2.75, 3.05) is 0 Å². The van der Waals surface area contributed by atoms with Gasteiger partial charge in [-0.3, -0.25) is 9.48 Å². The first kappa shape index (κ1) is 16.5. The highest BCUT2D eigenvalue weighted by Crippen LogP contribution is 2.43. The lowest BCUT2D eigenvalue weighted by Gasteiger charge is -2.43. The van der Waals surface area contributed by atoms with Crippen LogP contribution in [-0.4, -0.2) is 15.7 Å². The second kappa shape index (κ2) is 5.96. The fourth-order valence-electron chi connectivity index (χ4n) is 3.07. The second-order valence-corrected chi connectivity index (χ2v) is 6.26. The lowest BCUT2D eigenvalue weighted by atomic mass is 9.71. The Morgan fingerprint density at radius 3 is 2.67 bits per heavy atom. The zero-order valence-electron chi connectivity index (χ0n) is 13.2. The number of rotatable bonds is 4. The van der Waals surface area contributed by atoms with Gasteiger partial charge >= 0.3 is 6.18 Å². The fraction of sp³-hybridized carbons (Fsp3) is 0.412. The van der Waals surface area contributed by atoms with E-state index >= 15 is 0 Å². The number of halogens is 3. The van der Waals surface area contributed by atoms with Gasteiger partial charge in [-0.1, -0.05) is 12.1 Å². The third kappa shape index (κ3) is 3.29. The third-order valence-corrected chi connectivity index (χ3v) is 4.45. The van der Waals surface area contributed by atoms with Crippen LogP contribution in [0.3, 0.4) is 0 Å². The number of carbonyl (C=O) groups is 1. The number of aryl methyl sites for hydroxylation is 1. The van der Waals surface area contributed by atoms with E-state index in [1.807, 2.05) is 0 Å². The van der Waals surface area contributed by atoms with Gasteiger partial charge in [0.1, 0.15) is 0 Å². The molecule has 1 heterocycles. The predicted octanol–water partition coefficient (Wildman–Crippen LogP) is 3.18. The smallest absolute Gasteiger partial charge is 0.346 e. The lowest BCUT2D eigenvalue weighted by Crippen LogP contribution is -2.51. The van der Waals surface area contributed by atoms with Crippen LogP contribution in [0.1, 0.15) is 36.0 Å². The number of carbonyl (C=O) groups excluding carboxylic acids is 1. The fourth-order valence-corrected chi connectivity index (χ4v) is 3.07. The molecule has 0 spiro atoms. The van der Waals surface area contributed by atoms with E-state index in [1.54, 1.807) is 30.2 Å². The molecule has 7 heteroatoms. The Kier molecular flexibility index (Phi) is 4.11. The van der Waals surface area contributed by atoms with Crippen LogP contribution in [0, 0.1) is 0 Å². The van der Waals surface area contributed by atoms with Crippen molar-refractivity contribution in [1.29, 1.82) is 0 Å². The SMILES string of the molecule is Cn1cc(CC(=O)NC2(c3cccc(C(F)(F)F)c3)CCC2)cn1. The first-order chi connectivity index (χ1) is 11.3. The van der Waals surface area contributed by atoms with E-state index < -0.39 is 17.3 Å². The predicted molar refractivity (Wildman–Crippen MR) is 82.0 cm³/mol. The van der Waals surface area contributed by atoms with E-state index in [4.69, 9.17) is 0 Å². The van der Waals surface area contributed by atoms with Crippen LogP contribution >= 0.6 is 0 Å². The second-order valence-electron chi connectivity index (χ2n) is 6.26. The molecule has 1 amide bonds. The Bertz CT molecular complexity index is 748. The van der Waals surface area contributed by atoms with Crippen LogP contribution in [0.5, 0.6) is 0 Å². The maximum Gasteiger partial charge on any atom is 0.416 e. The van der Waals surface area contributed by atoms with Crippen LogP contribution in [0.25, 0.3) is 0 Å². The Morgan fingerprint density at radius 1 is 1.38 bits per heavy atom. The van der Waals surface area contributed by atoms with E-state index in [-0.39, 0.29) is 12.3 Å². The van der Waals surface area contributed by atoms with Crippen molar-refractivity contribution in [2.24, 2.45) is 7.05 Å². The number of amides is 1. The number of benzene rings is 1. The van der Waals surface area contributed by atoms with Gasteiger partial charge in [-0.2, -0.15) is 18.3 Å². The van der Waals surface area contributed by atoms with Crippen LogP contribution in [0.2, 0.25) is 0 Å². The van der Waals surface area contributed by atoms with E-state index in [0.29, 0.717) is 18.4 Å². The molecule has 0 radical (unpaired) electrons. The van der Waals surface area contributed by atoms with Crippen molar-refractivity contribution < 1.29 is 18.0 Å². The molecule has 24 heavy (non-hydrogen) atoms. The summed E-state index contributed by atoms with van der Waals surface area (Å²) >= 11 is 0. The van der Waals surface area contributed by atoms with Crippen LogP contribution < -0.4 is 5.32 Å². The summed E-state index contributed by atoms with van der Waals surface area (Å²) in [7, 11) is 1.76. The van der Waals surface area contributed by atoms with Gasteiger partial charge in [0.05, 0.1) is 23.7 Å². The normalized spacial score (nSPS) is 16.5. The quantitative estimate of drug-likeness (QED) is 0.931. The van der Waals surface area contributed by atoms with Gasteiger partial charge in [0.25, 0.3) is 0 Å². The van der Waals surface area contributed by atoms with Gasteiger partial charge in [-0.25, -0.2) is 0 Å². The molecule has 0 aliphatic heterocycles. The van der Waals surface area contributed by atoms with Crippen molar-refractivity contribution in [2.45, 2.75) is 37.4 Å². The summed E-state index contributed by atoms with van der Waals surface area (Å²) in [5.41, 5.74) is -0.0926.